The highest BCUT2D eigenvalue weighted by atomic mass is 35.5. The summed E-state index contributed by atoms with van der Waals surface area (Å²) in [5.41, 5.74) is 5.10. The van der Waals surface area contributed by atoms with Gasteiger partial charge in [0.1, 0.15) is 60.1 Å². The van der Waals surface area contributed by atoms with E-state index >= 15 is 0 Å². The van der Waals surface area contributed by atoms with Gasteiger partial charge in [0.2, 0.25) is 12.0 Å². The Kier molecular flexibility index (Phi) is 15.9. The van der Waals surface area contributed by atoms with Crippen molar-refractivity contribution in [2.45, 2.75) is 39.1 Å². The third kappa shape index (κ3) is 12.1. The van der Waals surface area contributed by atoms with Gasteiger partial charge >= 0.3 is 5.97 Å². The van der Waals surface area contributed by atoms with Crippen LogP contribution in [0.5, 0.6) is 28.9 Å². The smallest absolute Gasteiger partial charge is 0.345 e. The predicted octanol–water partition coefficient (Wildman–Crippen LogP) is 10.3. The number of carboxylic acids is 1. The highest BCUT2D eigenvalue weighted by Crippen LogP contribution is 2.53. The molecule has 1 N–H and O–H groups in total. The van der Waals surface area contributed by atoms with Crippen LogP contribution in [0.25, 0.3) is 43.2 Å². The summed E-state index contributed by atoms with van der Waals surface area (Å²) in [6.45, 7) is 12.7. The Morgan fingerprint density at radius 1 is 0.867 bits per heavy atom. The van der Waals surface area contributed by atoms with Gasteiger partial charge in [0.25, 0.3) is 0 Å². The third-order valence-corrected chi connectivity index (χ3v) is 18.4. The van der Waals surface area contributed by atoms with Crippen LogP contribution in [0, 0.1) is 19.7 Å². The zero-order chi connectivity index (χ0) is 52.4. The Balaban J connectivity index is 0.972. The van der Waals surface area contributed by atoms with Crippen molar-refractivity contribution in [3.63, 3.8) is 0 Å². The first-order valence-electron chi connectivity index (χ1n) is 24.9. The molecular formula is C55H57Cl2FN7O8PS. The van der Waals surface area contributed by atoms with Crippen molar-refractivity contribution in [3.8, 4) is 61.8 Å². The number of benzene rings is 4. The first-order valence-corrected chi connectivity index (χ1v) is 29.0. The van der Waals surface area contributed by atoms with Gasteiger partial charge < -0.3 is 38.3 Å². The quantitative estimate of drug-likeness (QED) is 0.115. The molecule has 20 heteroatoms. The number of piperazine rings is 1. The number of hydrogen-bond donors (Lipinski definition) is 1. The number of fused-ring (bicyclic) bond motifs is 7. The van der Waals surface area contributed by atoms with Gasteiger partial charge in [-0.2, -0.15) is 0 Å². The molecule has 0 amide bonds. The molecule has 392 valence electrons. The van der Waals surface area contributed by atoms with Gasteiger partial charge in [-0.3, -0.25) is 9.80 Å². The van der Waals surface area contributed by atoms with Gasteiger partial charge in [-0.05, 0) is 110 Å². The lowest BCUT2D eigenvalue weighted by Gasteiger charge is -2.35. The van der Waals surface area contributed by atoms with E-state index in [9.17, 15) is 18.9 Å². The molecule has 4 aliphatic heterocycles. The molecule has 1 unspecified atom stereocenters. The molecule has 2 saturated heterocycles. The molecule has 4 bridgehead atoms. The zero-order valence-electron chi connectivity index (χ0n) is 42.1. The molecule has 75 heavy (non-hydrogen) atoms. The highest BCUT2D eigenvalue weighted by Gasteiger charge is 2.32. The number of halogens is 3. The van der Waals surface area contributed by atoms with E-state index in [4.69, 9.17) is 51.9 Å². The maximum absolute atomic E-state index is 14.4. The largest absolute Gasteiger partial charge is 0.492 e. The molecule has 7 heterocycles. The average Bonchev–Trinajstić information content (AvgIpc) is 3.81. The fourth-order valence-corrected chi connectivity index (χ4v) is 12.9. The van der Waals surface area contributed by atoms with Crippen LogP contribution in [0.2, 0.25) is 10.0 Å². The number of likely N-dealkylation sites (N-methyl/N-ethyl adjacent to an activating group) is 1. The first-order chi connectivity index (χ1) is 36.2. The molecular weight excluding hydrogens is 1040 g/mol. The molecule has 2 atom stereocenters. The number of nitrogens with zero attached hydrogens (tertiary/aromatic N) is 7. The van der Waals surface area contributed by atoms with Crippen LogP contribution in [-0.2, 0) is 22.4 Å². The topological polar surface area (TPSA) is 162 Å². The Hall–Kier alpha value is -5.91. The van der Waals surface area contributed by atoms with Gasteiger partial charge in [0.05, 0.1) is 28.3 Å². The number of aliphatic carboxylic acids is 1. The van der Waals surface area contributed by atoms with Crippen molar-refractivity contribution in [2.75, 3.05) is 91.6 Å². The lowest BCUT2D eigenvalue weighted by atomic mass is 9.92. The zero-order valence-corrected chi connectivity index (χ0v) is 45.3. The lowest BCUT2D eigenvalue weighted by Crippen LogP contribution is -2.49. The van der Waals surface area contributed by atoms with E-state index < -0.39 is 31.1 Å². The second-order valence-electron chi connectivity index (χ2n) is 19.4. The van der Waals surface area contributed by atoms with E-state index in [1.165, 1.54) is 29.8 Å². The van der Waals surface area contributed by atoms with Crippen molar-refractivity contribution in [3.05, 3.63) is 124 Å². The van der Waals surface area contributed by atoms with Crippen molar-refractivity contribution in [1.29, 1.82) is 0 Å². The summed E-state index contributed by atoms with van der Waals surface area (Å²) in [6.07, 6.45) is 2.31. The minimum atomic E-state index is -1.99. The molecule has 0 radical (unpaired) electrons. The van der Waals surface area contributed by atoms with Crippen molar-refractivity contribution in [1.82, 2.24) is 34.6 Å². The SMILES string of the molecule is Cc1c(Cl)c2c(Cl)c(C)c1-c1c(-c3ccc(F)cc3)sc3ncnc(c13)O[C@@H](C(=O)O)Cc1cc(ccc1OCc1ccnc(-c3ccc(OCCN4CCP(C)(=O)CC4)cc3)n1)OCC(CN1CCN(C)CC1)O2. The maximum Gasteiger partial charge on any atom is 0.345 e. The van der Waals surface area contributed by atoms with Crippen LogP contribution in [0.15, 0.2) is 85.3 Å². The number of aromatic nitrogens is 4. The summed E-state index contributed by atoms with van der Waals surface area (Å²) in [7, 11) is 0.114. The summed E-state index contributed by atoms with van der Waals surface area (Å²) in [5, 5.41) is 12.0. The van der Waals surface area contributed by atoms with E-state index in [0.717, 1.165) is 69.5 Å². The first kappa shape index (κ1) is 52.5. The standard InChI is InChI=1S/C55H57Cl2FN7O8PS/c1-33-45-34(2)49(57)50(48(33)56)72-42(29-65-19-17-63(3)18-20-65)31-70-41-13-14-43(71-30-39-15-16-59-52(62-39)36-7-11-40(12-8-36)69-24-21-64-22-25-74(4,68)26-23-64)37(27-41)28-44(55(66)67)73-53-47-46(45)51(75-54(47)61-32-60-53)35-5-9-38(58)10-6-35/h5-16,27,32,42,44H,17-26,28-31H2,1-4H3,(H,66,67)/t42?,44-/m1/s1. The number of rotatable bonds is 12. The molecule has 11 rings (SSSR count). The predicted molar refractivity (Wildman–Crippen MR) is 291 cm³/mol. The van der Waals surface area contributed by atoms with E-state index in [1.54, 1.807) is 42.6 Å². The molecule has 7 aromatic rings. The fourth-order valence-electron chi connectivity index (χ4n) is 9.63. The summed E-state index contributed by atoms with van der Waals surface area (Å²) in [6, 6.07) is 20.8. The van der Waals surface area contributed by atoms with Crippen LogP contribution in [-0.4, -0.2) is 150 Å². The number of hydrogen-bond acceptors (Lipinski definition) is 15. The summed E-state index contributed by atoms with van der Waals surface area (Å²) in [5.74, 6) is 0.738. The minimum absolute atomic E-state index is 0.0188. The monoisotopic (exact) mass is 1100 g/mol. The van der Waals surface area contributed by atoms with Gasteiger partial charge in [-0.15, -0.1) is 11.3 Å². The summed E-state index contributed by atoms with van der Waals surface area (Å²) < 4.78 is 59.3. The van der Waals surface area contributed by atoms with E-state index in [0.29, 0.717) is 100 Å². The van der Waals surface area contributed by atoms with Crippen LogP contribution in [0.1, 0.15) is 22.4 Å². The van der Waals surface area contributed by atoms with E-state index in [2.05, 4.69) is 36.7 Å². The van der Waals surface area contributed by atoms with E-state index in [1.807, 2.05) is 44.8 Å². The Morgan fingerprint density at radius 2 is 1.59 bits per heavy atom. The van der Waals surface area contributed by atoms with Gasteiger partial charge in [-0.25, -0.2) is 29.1 Å². The molecule has 0 saturated carbocycles. The van der Waals surface area contributed by atoms with Gasteiger partial charge in [0, 0.05) is 98.9 Å². The molecule has 15 nitrogen and oxygen atoms in total. The molecule has 0 spiro atoms. The van der Waals surface area contributed by atoms with Crippen LogP contribution >= 0.6 is 41.7 Å². The number of carbonyl (C=O) groups is 1. The van der Waals surface area contributed by atoms with Crippen molar-refractivity contribution >= 4 is 57.9 Å². The highest BCUT2D eigenvalue weighted by molar-refractivity contribution is 7.63. The molecule has 0 aliphatic carbocycles. The molecule has 2 fully saturated rings. The number of ether oxygens (including phenoxy) is 5. The Bertz CT molecular complexity index is 3230. The normalized spacial score (nSPS) is 18.4. The van der Waals surface area contributed by atoms with Crippen molar-refractivity contribution < 1.29 is 42.5 Å². The van der Waals surface area contributed by atoms with Gasteiger partial charge in [0.15, 0.2) is 11.6 Å². The molecule has 4 aliphatic rings. The average molecular weight is 1100 g/mol. The summed E-state index contributed by atoms with van der Waals surface area (Å²) in [4.78, 5) is 40.1. The summed E-state index contributed by atoms with van der Waals surface area (Å²) >= 11 is 16.0. The molecule has 4 aromatic carbocycles. The van der Waals surface area contributed by atoms with Crippen molar-refractivity contribution in [2.24, 2.45) is 0 Å². The number of thiophene rings is 1. The molecule has 3 aromatic heterocycles. The van der Waals surface area contributed by atoms with Gasteiger partial charge in [-0.1, -0.05) is 35.3 Å². The minimum Gasteiger partial charge on any atom is -0.492 e. The van der Waals surface area contributed by atoms with Crippen LogP contribution in [0.3, 0.4) is 0 Å². The Labute approximate surface area is 448 Å². The second kappa shape index (κ2) is 22.7. The van der Waals surface area contributed by atoms with Crippen LogP contribution < -0.4 is 23.7 Å². The van der Waals surface area contributed by atoms with Crippen LogP contribution in [0.4, 0.5) is 4.39 Å². The lowest BCUT2D eigenvalue weighted by molar-refractivity contribution is -0.145. The fraction of sp³-hybridized carbons (Fsp3) is 0.364. The maximum atomic E-state index is 14.4. The Morgan fingerprint density at radius 3 is 2.31 bits per heavy atom. The second-order valence-corrected chi connectivity index (χ2v) is 24.7. The number of carboxylic acid groups (broad SMARTS) is 1. The third-order valence-electron chi connectivity index (χ3n) is 14.0. The van der Waals surface area contributed by atoms with E-state index in [-0.39, 0.29) is 25.5 Å².